The number of rotatable bonds is 5. The Morgan fingerprint density at radius 2 is 2.21 bits per heavy atom. The number of hydrogen-bond donors (Lipinski definition) is 3. The zero-order valence-electron chi connectivity index (χ0n) is 11.7. The van der Waals surface area contributed by atoms with Crippen molar-refractivity contribution >= 4 is 5.96 Å². The Labute approximate surface area is 113 Å². The van der Waals surface area contributed by atoms with Crippen molar-refractivity contribution in [3.63, 3.8) is 0 Å². The number of aliphatic hydroxyl groups is 1. The van der Waals surface area contributed by atoms with Gasteiger partial charge in [-0.1, -0.05) is 12.1 Å². The van der Waals surface area contributed by atoms with Crippen LogP contribution >= 0.6 is 0 Å². The van der Waals surface area contributed by atoms with Crippen LogP contribution in [0, 0.1) is 12.7 Å². The number of guanidine groups is 1. The van der Waals surface area contributed by atoms with E-state index in [0.29, 0.717) is 18.1 Å². The molecule has 1 unspecified atom stereocenters. The Hall–Kier alpha value is -1.62. The largest absolute Gasteiger partial charge is 0.394 e. The molecule has 0 heterocycles. The molecule has 5 heteroatoms. The van der Waals surface area contributed by atoms with Crippen LogP contribution in [0.3, 0.4) is 0 Å². The van der Waals surface area contributed by atoms with E-state index < -0.39 is 0 Å². The Bertz CT molecular complexity index is 435. The van der Waals surface area contributed by atoms with Crippen molar-refractivity contribution in [2.24, 2.45) is 4.99 Å². The summed E-state index contributed by atoms with van der Waals surface area (Å²) in [7, 11) is 0. The van der Waals surface area contributed by atoms with Crippen molar-refractivity contribution in [2.45, 2.75) is 26.8 Å². The van der Waals surface area contributed by atoms with Crippen molar-refractivity contribution in [1.82, 2.24) is 10.6 Å². The number of hydrogen-bond acceptors (Lipinski definition) is 2. The maximum atomic E-state index is 13.5. The molecule has 0 bridgehead atoms. The van der Waals surface area contributed by atoms with Gasteiger partial charge in [0.05, 0.1) is 19.2 Å². The number of aryl methyl sites for hydroxylation is 1. The Balaban J connectivity index is 2.75. The predicted octanol–water partition coefficient (Wildman–Crippen LogP) is 1.74. The second-order valence-electron chi connectivity index (χ2n) is 4.36. The van der Waals surface area contributed by atoms with Gasteiger partial charge in [0, 0.05) is 6.54 Å². The fraction of sp³-hybridized carbons (Fsp3) is 0.500. The Morgan fingerprint density at radius 3 is 2.79 bits per heavy atom. The first-order valence-corrected chi connectivity index (χ1v) is 6.50. The summed E-state index contributed by atoms with van der Waals surface area (Å²) >= 11 is 0. The topological polar surface area (TPSA) is 56.7 Å². The third-order valence-corrected chi connectivity index (χ3v) is 2.76. The highest BCUT2D eigenvalue weighted by Crippen LogP contribution is 2.16. The van der Waals surface area contributed by atoms with Gasteiger partial charge in [0.1, 0.15) is 5.82 Å². The third kappa shape index (κ3) is 4.87. The number of nitrogens with zero attached hydrogens (tertiary/aromatic N) is 1. The summed E-state index contributed by atoms with van der Waals surface area (Å²) in [6.45, 7) is 6.72. The summed E-state index contributed by atoms with van der Waals surface area (Å²) in [4.78, 5) is 4.19. The summed E-state index contributed by atoms with van der Waals surface area (Å²) in [5.74, 6) is 0.411. The molecule has 1 aromatic carbocycles. The lowest BCUT2D eigenvalue weighted by Gasteiger charge is -2.18. The van der Waals surface area contributed by atoms with E-state index in [2.05, 4.69) is 15.6 Å². The highest BCUT2D eigenvalue weighted by atomic mass is 19.1. The van der Waals surface area contributed by atoms with Gasteiger partial charge < -0.3 is 15.7 Å². The van der Waals surface area contributed by atoms with E-state index >= 15 is 0 Å². The van der Waals surface area contributed by atoms with Gasteiger partial charge in [-0.05, 0) is 38.0 Å². The minimum absolute atomic E-state index is 0.00408. The molecule has 1 rings (SSSR count). The van der Waals surface area contributed by atoms with Crippen molar-refractivity contribution in [3.05, 3.63) is 35.1 Å². The first kappa shape index (κ1) is 15.4. The van der Waals surface area contributed by atoms with Gasteiger partial charge in [-0.2, -0.15) is 0 Å². The van der Waals surface area contributed by atoms with Gasteiger partial charge in [0.15, 0.2) is 5.96 Å². The number of aliphatic imine (C=N–C) groups is 1. The van der Waals surface area contributed by atoms with Crippen LogP contribution in [-0.4, -0.2) is 30.8 Å². The van der Waals surface area contributed by atoms with Crippen molar-refractivity contribution < 1.29 is 9.50 Å². The highest BCUT2D eigenvalue weighted by molar-refractivity contribution is 5.80. The Morgan fingerprint density at radius 1 is 1.47 bits per heavy atom. The van der Waals surface area contributed by atoms with Crippen LogP contribution in [0.1, 0.15) is 31.0 Å². The molecular weight excluding hydrogens is 245 g/mol. The van der Waals surface area contributed by atoms with Crippen LogP contribution in [0.4, 0.5) is 4.39 Å². The monoisotopic (exact) mass is 267 g/mol. The van der Waals surface area contributed by atoms with Gasteiger partial charge in [-0.3, -0.25) is 4.99 Å². The van der Waals surface area contributed by atoms with E-state index in [1.807, 2.05) is 19.9 Å². The molecule has 0 amide bonds. The molecule has 3 N–H and O–H groups in total. The van der Waals surface area contributed by atoms with E-state index in [-0.39, 0.29) is 18.5 Å². The lowest BCUT2D eigenvalue weighted by molar-refractivity contribution is 0.306. The van der Waals surface area contributed by atoms with Crippen LogP contribution in [-0.2, 0) is 0 Å². The fourth-order valence-electron chi connectivity index (χ4n) is 1.65. The van der Waals surface area contributed by atoms with Crippen LogP contribution in [0.5, 0.6) is 0 Å². The number of benzene rings is 1. The highest BCUT2D eigenvalue weighted by Gasteiger charge is 2.09. The van der Waals surface area contributed by atoms with Crippen molar-refractivity contribution in [2.75, 3.05) is 19.7 Å². The zero-order valence-corrected chi connectivity index (χ0v) is 11.7. The number of nitrogens with one attached hydrogen (secondary N) is 2. The van der Waals surface area contributed by atoms with Crippen molar-refractivity contribution in [3.8, 4) is 0 Å². The molecule has 0 saturated heterocycles. The first-order valence-electron chi connectivity index (χ1n) is 6.50. The van der Waals surface area contributed by atoms with Crippen LogP contribution in [0.25, 0.3) is 0 Å². The third-order valence-electron chi connectivity index (χ3n) is 2.76. The normalized spacial score (nSPS) is 13.2. The van der Waals surface area contributed by atoms with Gasteiger partial charge >= 0.3 is 0 Å². The van der Waals surface area contributed by atoms with Crippen LogP contribution in [0.15, 0.2) is 23.2 Å². The fourth-order valence-corrected chi connectivity index (χ4v) is 1.65. The maximum Gasteiger partial charge on any atom is 0.191 e. The van der Waals surface area contributed by atoms with E-state index in [9.17, 15) is 4.39 Å². The summed E-state index contributed by atoms with van der Waals surface area (Å²) in [5, 5.41) is 15.0. The first-order chi connectivity index (χ1) is 9.08. The van der Waals surface area contributed by atoms with E-state index in [1.165, 1.54) is 6.07 Å². The standard InChI is InChI=1S/C14H22FN3O/c1-4-16-14(17-7-8-19)18-11(3)12-6-5-10(2)13(15)9-12/h5-6,9,11,19H,4,7-8H2,1-3H3,(H2,16,17,18). The lowest BCUT2D eigenvalue weighted by Crippen LogP contribution is -2.39. The lowest BCUT2D eigenvalue weighted by atomic mass is 10.1. The molecule has 1 aromatic rings. The molecule has 0 radical (unpaired) electrons. The van der Waals surface area contributed by atoms with Gasteiger partial charge in [-0.15, -0.1) is 0 Å². The second kappa shape index (κ2) is 7.74. The minimum atomic E-state index is -0.205. The molecular formula is C14H22FN3O. The van der Waals surface area contributed by atoms with Crippen LogP contribution in [0.2, 0.25) is 0 Å². The molecule has 0 saturated carbocycles. The second-order valence-corrected chi connectivity index (χ2v) is 4.36. The molecule has 0 fully saturated rings. The number of halogens is 1. The maximum absolute atomic E-state index is 13.5. The average molecular weight is 267 g/mol. The van der Waals surface area contributed by atoms with Gasteiger partial charge in [-0.25, -0.2) is 4.39 Å². The summed E-state index contributed by atoms with van der Waals surface area (Å²) in [6.07, 6.45) is 0. The van der Waals surface area contributed by atoms with Crippen molar-refractivity contribution in [1.29, 1.82) is 0 Å². The molecule has 0 aliphatic heterocycles. The molecule has 1 atom stereocenters. The summed E-state index contributed by atoms with van der Waals surface area (Å²) in [6, 6.07) is 5.13. The minimum Gasteiger partial charge on any atom is -0.394 e. The van der Waals surface area contributed by atoms with Gasteiger partial charge in [0.2, 0.25) is 0 Å². The molecule has 0 aliphatic rings. The van der Waals surface area contributed by atoms with E-state index in [1.54, 1.807) is 13.0 Å². The molecule has 19 heavy (non-hydrogen) atoms. The van der Waals surface area contributed by atoms with E-state index in [4.69, 9.17) is 5.11 Å². The molecule has 0 spiro atoms. The quantitative estimate of drug-likeness (QED) is 0.562. The molecule has 0 aromatic heterocycles. The van der Waals surface area contributed by atoms with Crippen LogP contribution < -0.4 is 10.6 Å². The van der Waals surface area contributed by atoms with Gasteiger partial charge in [0.25, 0.3) is 0 Å². The number of aliphatic hydroxyl groups excluding tert-OH is 1. The smallest absolute Gasteiger partial charge is 0.191 e. The molecule has 4 nitrogen and oxygen atoms in total. The predicted molar refractivity (Wildman–Crippen MR) is 75.8 cm³/mol. The summed E-state index contributed by atoms with van der Waals surface area (Å²) < 4.78 is 13.5. The Kier molecular flexibility index (Phi) is 6.29. The average Bonchev–Trinajstić information content (AvgIpc) is 2.39. The molecule has 0 aliphatic carbocycles. The SMILES string of the molecule is CCNC(=NCCO)NC(C)c1ccc(C)c(F)c1. The zero-order chi connectivity index (χ0) is 14.3. The van der Waals surface area contributed by atoms with E-state index in [0.717, 1.165) is 12.1 Å². The summed E-state index contributed by atoms with van der Waals surface area (Å²) in [5.41, 5.74) is 1.49. The molecule has 106 valence electrons.